The van der Waals surface area contributed by atoms with Crippen LogP contribution in [0.15, 0.2) is 24.3 Å². The SMILES string of the molecule is C#Cc1ccc(C(C(=O)NCCCCC)N(C(=O)C(CO)NC(=O)OC(C)(C)C)C2CC2C)cc1. The van der Waals surface area contributed by atoms with Crippen LogP contribution in [0.2, 0.25) is 0 Å². The first-order valence-electron chi connectivity index (χ1n) is 12.3. The predicted molar refractivity (Wildman–Crippen MR) is 134 cm³/mol. The number of nitrogens with one attached hydrogen (secondary N) is 2. The van der Waals surface area contributed by atoms with Crippen LogP contribution < -0.4 is 10.6 Å². The van der Waals surface area contributed by atoms with E-state index in [0.29, 0.717) is 17.7 Å². The van der Waals surface area contributed by atoms with Crippen LogP contribution in [0.5, 0.6) is 0 Å². The van der Waals surface area contributed by atoms with Crippen LogP contribution >= 0.6 is 0 Å². The van der Waals surface area contributed by atoms with Gasteiger partial charge >= 0.3 is 6.09 Å². The average Bonchev–Trinajstić information content (AvgIpc) is 3.52. The van der Waals surface area contributed by atoms with E-state index in [0.717, 1.165) is 25.7 Å². The Morgan fingerprint density at radius 3 is 2.34 bits per heavy atom. The highest BCUT2D eigenvalue weighted by Gasteiger charge is 2.48. The van der Waals surface area contributed by atoms with Gasteiger partial charge in [-0.3, -0.25) is 9.59 Å². The van der Waals surface area contributed by atoms with Crippen molar-refractivity contribution in [2.45, 2.75) is 84.0 Å². The predicted octanol–water partition coefficient (Wildman–Crippen LogP) is 3.14. The van der Waals surface area contributed by atoms with E-state index in [-0.39, 0.29) is 17.9 Å². The zero-order valence-electron chi connectivity index (χ0n) is 21.5. The van der Waals surface area contributed by atoms with Crippen molar-refractivity contribution in [1.29, 1.82) is 0 Å². The van der Waals surface area contributed by atoms with Gasteiger partial charge in [-0.1, -0.05) is 44.7 Å². The molecule has 0 saturated heterocycles. The molecule has 4 atom stereocenters. The van der Waals surface area contributed by atoms with E-state index in [1.54, 1.807) is 45.0 Å². The number of ether oxygens (including phenoxy) is 1. The highest BCUT2D eigenvalue weighted by molar-refractivity contribution is 5.92. The maximum absolute atomic E-state index is 13.7. The summed E-state index contributed by atoms with van der Waals surface area (Å²) in [5.74, 6) is 1.89. The number of amides is 3. The summed E-state index contributed by atoms with van der Waals surface area (Å²) >= 11 is 0. The third-order valence-corrected chi connectivity index (χ3v) is 5.85. The number of carbonyl (C=O) groups is 3. The van der Waals surface area contributed by atoms with Gasteiger partial charge in [0, 0.05) is 18.2 Å². The van der Waals surface area contributed by atoms with Crippen molar-refractivity contribution in [3.63, 3.8) is 0 Å². The van der Waals surface area contributed by atoms with Crippen LogP contribution in [0, 0.1) is 18.3 Å². The molecule has 1 aromatic carbocycles. The highest BCUT2D eigenvalue weighted by Crippen LogP contribution is 2.40. The maximum Gasteiger partial charge on any atom is 0.408 e. The molecule has 3 N–H and O–H groups in total. The molecule has 3 amide bonds. The smallest absolute Gasteiger partial charge is 0.408 e. The Balaban J connectivity index is 2.38. The summed E-state index contributed by atoms with van der Waals surface area (Å²) in [6.45, 7) is 9.07. The zero-order valence-corrected chi connectivity index (χ0v) is 21.5. The van der Waals surface area contributed by atoms with Crippen LogP contribution in [0.1, 0.15) is 77.5 Å². The van der Waals surface area contributed by atoms with Gasteiger partial charge in [0.15, 0.2) is 0 Å². The Hall–Kier alpha value is -3.05. The summed E-state index contributed by atoms with van der Waals surface area (Å²) < 4.78 is 5.26. The molecule has 0 aliphatic heterocycles. The monoisotopic (exact) mass is 485 g/mol. The quantitative estimate of drug-likeness (QED) is 0.330. The Morgan fingerprint density at radius 1 is 1.23 bits per heavy atom. The number of nitrogens with zero attached hydrogens (tertiary/aromatic N) is 1. The fourth-order valence-corrected chi connectivity index (χ4v) is 3.87. The molecule has 2 rings (SSSR count). The van der Waals surface area contributed by atoms with Crippen molar-refractivity contribution in [2.24, 2.45) is 5.92 Å². The molecule has 0 radical (unpaired) electrons. The summed E-state index contributed by atoms with van der Waals surface area (Å²) in [5.41, 5.74) is 0.504. The molecule has 8 nitrogen and oxygen atoms in total. The summed E-state index contributed by atoms with van der Waals surface area (Å²) in [7, 11) is 0. The van der Waals surface area contributed by atoms with Gasteiger partial charge in [-0.05, 0) is 57.2 Å². The standard InChI is InChI=1S/C27H39N3O5/c1-7-9-10-15-28-24(32)23(20-13-11-19(8-2)12-14-20)30(22-16-18(22)3)25(33)21(17-31)29-26(34)35-27(4,5)6/h2,11-14,18,21-23,31H,7,9-10,15-17H2,1,3-6H3,(H,28,32)(H,29,34). The lowest BCUT2D eigenvalue weighted by Gasteiger charge is -2.34. The van der Waals surface area contributed by atoms with Crippen LogP contribution in [0.3, 0.4) is 0 Å². The lowest BCUT2D eigenvalue weighted by Crippen LogP contribution is -2.55. The molecule has 8 heteroatoms. The van der Waals surface area contributed by atoms with Crippen molar-refractivity contribution < 1.29 is 24.2 Å². The van der Waals surface area contributed by atoms with Crippen molar-refractivity contribution in [2.75, 3.05) is 13.2 Å². The van der Waals surface area contributed by atoms with E-state index in [2.05, 4.69) is 23.5 Å². The normalized spacial score (nSPS) is 18.5. The van der Waals surface area contributed by atoms with Gasteiger partial charge in [-0.2, -0.15) is 0 Å². The zero-order chi connectivity index (χ0) is 26.2. The molecule has 192 valence electrons. The van der Waals surface area contributed by atoms with Gasteiger partial charge in [-0.15, -0.1) is 6.42 Å². The minimum atomic E-state index is -1.25. The fraction of sp³-hybridized carbons (Fsp3) is 0.593. The third-order valence-electron chi connectivity index (χ3n) is 5.85. The number of alkyl carbamates (subject to hydrolysis) is 1. The molecular weight excluding hydrogens is 446 g/mol. The van der Waals surface area contributed by atoms with E-state index in [1.807, 2.05) is 6.92 Å². The summed E-state index contributed by atoms with van der Waals surface area (Å²) in [6.07, 6.45) is 8.23. The van der Waals surface area contributed by atoms with Gasteiger partial charge in [0.2, 0.25) is 11.8 Å². The largest absolute Gasteiger partial charge is 0.444 e. The first-order chi connectivity index (χ1) is 16.5. The molecule has 1 fully saturated rings. The van der Waals surface area contributed by atoms with Gasteiger partial charge < -0.3 is 25.4 Å². The van der Waals surface area contributed by atoms with Crippen molar-refractivity contribution in [3.05, 3.63) is 35.4 Å². The molecule has 1 aliphatic carbocycles. The van der Waals surface area contributed by atoms with E-state index in [9.17, 15) is 19.5 Å². The first-order valence-corrected chi connectivity index (χ1v) is 12.3. The van der Waals surface area contributed by atoms with E-state index in [4.69, 9.17) is 11.2 Å². The van der Waals surface area contributed by atoms with Crippen LogP contribution in [0.25, 0.3) is 0 Å². The fourth-order valence-electron chi connectivity index (χ4n) is 3.87. The number of hydrogen-bond donors (Lipinski definition) is 3. The molecular formula is C27H39N3O5. The highest BCUT2D eigenvalue weighted by atomic mass is 16.6. The topological polar surface area (TPSA) is 108 Å². The summed E-state index contributed by atoms with van der Waals surface area (Å²) in [5, 5.41) is 15.4. The number of aliphatic hydroxyl groups excluding tert-OH is 1. The van der Waals surface area contributed by atoms with E-state index >= 15 is 0 Å². The molecule has 1 aliphatic rings. The third kappa shape index (κ3) is 8.29. The lowest BCUT2D eigenvalue weighted by atomic mass is 10.0. The molecule has 0 aromatic heterocycles. The van der Waals surface area contributed by atoms with E-state index < -0.39 is 36.3 Å². The summed E-state index contributed by atoms with van der Waals surface area (Å²) in [6, 6.07) is 4.57. The first kappa shape index (κ1) is 28.2. The molecule has 0 bridgehead atoms. The Kier molecular flexibility index (Phi) is 10.1. The average molecular weight is 486 g/mol. The molecule has 0 heterocycles. The van der Waals surface area contributed by atoms with Crippen molar-refractivity contribution >= 4 is 17.9 Å². The number of hydrogen-bond acceptors (Lipinski definition) is 5. The molecule has 0 spiro atoms. The lowest BCUT2D eigenvalue weighted by molar-refractivity contribution is -0.144. The second-order valence-corrected chi connectivity index (χ2v) is 10.1. The number of terminal acetylenes is 1. The van der Waals surface area contributed by atoms with Crippen LogP contribution in [-0.4, -0.2) is 58.8 Å². The Morgan fingerprint density at radius 2 is 1.86 bits per heavy atom. The number of aliphatic hydroxyl groups is 1. The maximum atomic E-state index is 13.7. The number of carbonyl (C=O) groups excluding carboxylic acids is 3. The van der Waals surface area contributed by atoms with Gasteiger partial charge in [0.1, 0.15) is 17.7 Å². The van der Waals surface area contributed by atoms with Crippen LogP contribution in [0.4, 0.5) is 4.79 Å². The molecule has 35 heavy (non-hydrogen) atoms. The van der Waals surface area contributed by atoms with Gasteiger partial charge in [0.25, 0.3) is 0 Å². The van der Waals surface area contributed by atoms with Crippen molar-refractivity contribution in [1.82, 2.24) is 15.5 Å². The molecule has 4 unspecified atom stereocenters. The van der Waals surface area contributed by atoms with Crippen molar-refractivity contribution in [3.8, 4) is 12.3 Å². The van der Waals surface area contributed by atoms with E-state index in [1.165, 1.54) is 4.90 Å². The second-order valence-electron chi connectivity index (χ2n) is 10.1. The second kappa shape index (κ2) is 12.6. The molecule has 1 saturated carbocycles. The number of benzene rings is 1. The minimum Gasteiger partial charge on any atom is -0.444 e. The minimum absolute atomic E-state index is 0.181. The number of rotatable bonds is 11. The van der Waals surface area contributed by atoms with Gasteiger partial charge in [0.05, 0.1) is 6.61 Å². The molecule has 1 aromatic rings. The summed E-state index contributed by atoms with van der Waals surface area (Å²) in [4.78, 5) is 41.0. The Labute approximate surface area is 208 Å². The Bertz CT molecular complexity index is 916. The number of unbranched alkanes of at least 4 members (excludes halogenated alkanes) is 2. The van der Waals surface area contributed by atoms with Crippen LogP contribution in [-0.2, 0) is 14.3 Å². The van der Waals surface area contributed by atoms with Gasteiger partial charge in [-0.25, -0.2) is 4.79 Å².